The number of phenolic OH excluding ortho intramolecular Hbond substituents is 1. The summed E-state index contributed by atoms with van der Waals surface area (Å²) in [5.41, 5.74) is -0.219. The maximum atomic E-state index is 13.4. The van der Waals surface area contributed by atoms with Gasteiger partial charge in [-0.05, 0) is 43.4 Å². The van der Waals surface area contributed by atoms with Gasteiger partial charge in [-0.15, -0.1) is 0 Å². The SMILES string of the molecule is O=C(Cc1ccc(O)c(F)c1)N1CCCC12CCCNC2=O. The number of hydrogen-bond donors (Lipinski definition) is 2. The first kappa shape index (κ1) is 14.8. The number of aromatic hydroxyl groups is 1. The highest BCUT2D eigenvalue weighted by molar-refractivity contribution is 5.93. The number of benzene rings is 1. The summed E-state index contributed by atoms with van der Waals surface area (Å²) >= 11 is 0. The van der Waals surface area contributed by atoms with Crippen LogP contribution in [0.25, 0.3) is 0 Å². The normalized spacial score (nSPS) is 24.6. The number of carbonyl (C=O) groups is 2. The molecule has 2 N–H and O–H groups in total. The van der Waals surface area contributed by atoms with Crippen molar-refractivity contribution >= 4 is 11.8 Å². The zero-order valence-electron chi connectivity index (χ0n) is 12.3. The van der Waals surface area contributed by atoms with Gasteiger partial charge in [-0.2, -0.15) is 0 Å². The van der Waals surface area contributed by atoms with Crippen molar-refractivity contribution in [2.24, 2.45) is 0 Å². The second-order valence-corrected chi connectivity index (χ2v) is 6.00. The van der Waals surface area contributed by atoms with E-state index in [9.17, 15) is 19.1 Å². The molecule has 2 heterocycles. The molecule has 1 atom stereocenters. The highest BCUT2D eigenvalue weighted by Gasteiger charge is 2.50. The van der Waals surface area contributed by atoms with E-state index in [-0.39, 0.29) is 18.2 Å². The number of rotatable bonds is 2. The van der Waals surface area contributed by atoms with E-state index in [1.807, 2.05) is 0 Å². The number of phenols is 1. The van der Waals surface area contributed by atoms with Gasteiger partial charge in [-0.3, -0.25) is 9.59 Å². The molecule has 5 nitrogen and oxygen atoms in total. The minimum absolute atomic E-state index is 0.0340. The number of amides is 2. The van der Waals surface area contributed by atoms with Crippen LogP contribution in [0.4, 0.5) is 4.39 Å². The van der Waals surface area contributed by atoms with Crippen molar-refractivity contribution in [1.29, 1.82) is 0 Å². The van der Waals surface area contributed by atoms with Crippen molar-refractivity contribution < 1.29 is 19.1 Å². The van der Waals surface area contributed by atoms with Crippen molar-refractivity contribution in [1.82, 2.24) is 10.2 Å². The minimum atomic E-state index is -0.739. The topological polar surface area (TPSA) is 69.6 Å². The van der Waals surface area contributed by atoms with E-state index >= 15 is 0 Å². The number of likely N-dealkylation sites (tertiary alicyclic amines) is 1. The molecule has 2 amide bonds. The van der Waals surface area contributed by atoms with E-state index in [2.05, 4.69) is 5.32 Å². The number of hydrogen-bond acceptors (Lipinski definition) is 3. The Kier molecular flexibility index (Phi) is 3.76. The zero-order chi connectivity index (χ0) is 15.7. The van der Waals surface area contributed by atoms with E-state index in [1.165, 1.54) is 12.1 Å². The third-order valence-corrected chi connectivity index (χ3v) is 4.63. The Morgan fingerprint density at radius 3 is 2.86 bits per heavy atom. The third kappa shape index (κ3) is 2.42. The standard InChI is InChI=1S/C16H19FN2O3/c17-12-9-11(3-4-13(12)20)10-14(21)19-8-2-6-16(19)5-1-7-18-15(16)22/h3-4,9,20H,1-2,5-8,10H2,(H,18,22). The molecule has 2 saturated heterocycles. The first-order valence-electron chi connectivity index (χ1n) is 7.59. The summed E-state index contributed by atoms with van der Waals surface area (Å²) in [7, 11) is 0. The fraction of sp³-hybridized carbons (Fsp3) is 0.500. The summed E-state index contributed by atoms with van der Waals surface area (Å²) in [6, 6.07) is 3.93. The largest absolute Gasteiger partial charge is 0.505 e. The third-order valence-electron chi connectivity index (χ3n) is 4.63. The number of halogens is 1. The lowest BCUT2D eigenvalue weighted by molar-refractivity contribution is -0.146. The molecular formula is C16H19FN2O3. The lowest BCUT2D eigenvalue weighted by atomic mass is 9.86. The van der Waals surface area contributed by atoms with E-state index in [0.29, 0.717) is 31.5 Å². The van der Waals surface area contributed by atoms with E-state index in [4.69, 9.17) is 0 Å². The molecule has 1 spiro atoms. The summed E-state index contributed by atoms with van der Waals surface area (Å²) in [5, 5.41) is 12.1. The van der Waals surface area contributed by atoms with Crippen LogP contribution in [0.15, 0.2) is 18.2 Å². The van der Waals surface area contributed by atoms with Crippen LogP contribution in [0.3, 0.4) is 0 Å². The fourth-order valence-corrected chi connectivity index (χ4v) is 3.53. The molecule has 0 radical (unpaired) electrons. The van der Waals surface area contributed by atoms with E-state index in [1.54, 1.807) is 4.90 Å². The number of piperidine rings is 1. The number of carbonyl (C=O) groups excluding carboxylic acids is 2. The Morgan fingerprint density at radius 1 is 1.36 bits per heavy atom. The first-order valence-corrected chi connectivity index (χ1v) is 7.59. The van der Waals surface area contributed by atoms with Gasteiger partial charge in [-0.1, -0.05) is 6.07 Å². The van der Waals surface area contributed by atoms with Crippen LogP contribution in [-0.4, -0.2) is 40.4 Å². The van der Waals surface area contributed by atoms with Crippen molar-refractivity contribution in [3.8, 4) is 5.75 Å². The Hall–Kier alpha value is -2.11. The van der Waals surface area contributed by atoms with Gasteiger partial charge in [0.2, 0.25) is 11.8 Å². The maximum absolute atomic E-state index is 13.4. The molecule has 1 aromatic rings. The highest BCUT2D eigenvalue weighted by Crippen LogP contribution is 2.36. The second kappa shape index (κ2) is 5.59. The smallest absolute Gasteiger partial charge is 0.245 e. The Morgan fingerprint density at radius 2 is 2.14 bits per heavy atom. The van der Waals surface area contributed by atoms with Crippen LogP contribution in [0, 0.1) is 5.82 Å². The molecule has 0 aromatic heterocycles. The quantitative estimate of drug-likeness (QED) is 0.866. The van der Waals surface area contributed by atoms with Crippen molar-refractivity contribution in [3.05, 3.63) is 29.6 Å². The molecule has 1 unspecified atom stereocenters. The van der Waals surface area contributed by atoms with Gasteiger partial charge in [0.05, 0.1) is 6.42 Å². The van der Waals surface area contributed by atoms with Crippen LogP contribution < -0.4 is 5.32 Å². The van der Waals surface area contributed by atoms with Gasteiger partial charge in [-0.25, -0.2) is 4.39 Å². The van der Waals surface area contributed by atoms with Crippen LogP contribution >= 0.6 is 0 Å². The lowest BCUT2D eigenvalue weighted by Gasteiger charge is -2.40. The average molecular weight is 306 g/mol. The highest BCUT2D eigenvalue weighted by atomic mass is 19.1. The van der Waals surface area contributed by atoms with Crippen LogP contribution in [0.5, 0.6) is 5.75 Å². The summed E-state index contributed by atoms with van der Waals surface area (Å²) < 4.78 is 13.4. The van der Waals surface area contributed by atoms with Crippen molar-refractivity contribution in [2.75, 3.05) is 13.1 Å². The molecule has 1 aromatic carbocycles. The van der Waals surface area contributed by atoms with Gasteiger partial charge in [0.1, 0.15) is 5.54 Å². The van der Waals surface area contributed by atoms with Gasteiger partial charge < -0.3 is 15.3 Å². The van der Waals surface area contributed by atoms with Crippen molar-refractivity contribution in [2.45, 2.75) is 37.6 Å². The zero-order valence-corrected chi connectivity index (χ0v) is 12.3. The molecule has 0 saturated carbocycles. The summed E-state index contributed by atoms with van der Waals surface area (Å²) in [5.74, 6) is -1.40. The minimum Gasteiger partial charge on any atom is -0.505 e. The second-order valence-electron chi connectivity index (χ2n) is 6.00. The molecule has 22 heavy (non-hydrogen) atoms. The maximum Gasteiger partial charge on any atom is 0.245 e. The molecule has 0 aliphatic carbocycles. The predicted octanol–water partition coefficient (Wildman–Crippen LogP) is 1.34. The first-order chi connectivity index (χ1) is 10.5. The Labute approximate surface area is 128 Å². The molecule has 2 fully saturated rings. The van der Waals surface area contributed by atoms with Crippen molar-refractivity contribution in [3.63, 3.8) is 0 Å². The summed E-state index contributed by atoms with van der Waals surface area (Å²) in [6.45, 7) is 1.22. The molecule has 2 aliphatic heterocycles. The molecule has 3 rings (SSSR count). The molecule has 0 bridgehead atoms. The number of nitrogens with zero attached hydrogens (tertiary/aromatic N) is 1. The van der Waals surface area contributed by atoms with Gasteiger partial charge >= 0.3 is 0 Å². The van der Waals surface area contributed by atoms with Crippen LogP contribution in [0.2, 0.25) is 0 Å². The Balaban J connectivity index is 1.78. The van der Waals surface area contributed by atoms with E-state index in [0.717, 1.165) is 18.9 Å². The predicted molar refractivity (Wildman–Crippen MR) is 77.7 cm³/mol. The number of nitrogens with one attached hydrogen (secondary N) is 1. The van der Waals surface area contributed by atoms with E-state index < -0.39 is 17.1 Å². The van der Waals surface area contributed by atoms with Gasteiger partial charge in [0, 0.05) is 13.1 Å². The average Bonchev–Trinajstić information content (AvgIpc) is 2.91. The van der Waals surface area contributed by atoms with Gasteiger partial charge in [0.25, 0.3) is 0 Å². The molecular weight excluding hydrogens is 287 g/mol. The lowest BCUT2D eigenvalue weighted by Crippen LogP contribution is -2.60. The molecule has 118 valence electrons. The molecule has 6 heteroatoms. The molecule has 2 aliphatic rings. The van der Waals surface area contributed by atoms with Gasteiger partial charge in [0.15, 0.2) is 11.6 Å². The van der Waals surface area contributed by atoms with Crippen LogP contribution in [0.1, 0.15) is 31.2 Å². The fourth-order valence-electron chi connectivity index (χ4n) is 3.53. The summed E-state index contributed by atoms with van der Waals surface area (Å²) in [4.78, 5) is 26.5. The summed E-state index contributed by atoms with van der Waals surface area (Å²) in [6.07, 6.45) is 3.09. The van der Waals surface area contributed by atoms with Crippen LogP contribution in [-0.2, 0) is 16.0 Å². The Bertz CT molecular complexity index is 619. The monoisotopic (exact) mass is 306 g/mol.